The highest BCUT2D eigenvalue weighted by atomic mass is 16.7. The molecule has 0 saturated carbocycles. The second kappa shape index (κ2) is 5.80. The first-order valence-corrected chi connectivity index (χ1v) is 5.82. The lowest BCUT2D eigenvalue weighted by atomic mass is 10.2. The van der Waals surface area contributed by atoms with Gasteiger partial charge in [0.15, 0.2) is 6.29 Å². The van der Waals surface area contributed by atoms with Gasteiger partial charge in [0, 0.05) is 20.6 Å². The van der Waals surface area contributed by atoms with Crippen molar-refractivity contribution < 1.29 is 9.47 Å². The summed E-state index contributed by atoms with van der Waals surface area (Å²) in [4.78, 5) is 7.84. The molecule has 1 aromatic heterocycles. The van der Waals surface area contributed by atoms with Gasteiger partial charge in [0.05, 0.1) is 11.0 Å². The summed E-state index contributed by atoms with van der Waals surface area (Å²) >= 11 is 0. The maximum Gasteiger partial charge on any atom is 0.156 e. The van der Waals surface area contributed by atoms with Crippen LogP contribution in [0.4, 0.5) is 0 Å². The Labute approximate surface area is 101 Å². The van der Waals surface area contributed by atoms with Crippen LogP contribution in [0.5, 0.6) is 0 Å². The average molecular weight is 234 g/mol. The molecule has 0 aliphatic rings. The Hall–Kier alpha value is -1.39. The molecular formula is C13H18N2O2. The van der Waals surface area contributed by atoms with Crippen molar-refractivity contribution >= 4 is 11.0 Å². The van der Waals surface area contributed by atoms with E-state index in [4.69, 9.17) is 9.47 Å². The number of aromatic nitrogens is 2. The molecule has 92 valence electrons. The van der Waals surface area contributed by atoms with E-state index in [0.29, 0.717) is 0 Å². The first kappa shape index (κ1) is 12.1. The Morgan fingerprint density at radius 1 is 1.24 bits per heavy atom. The fraction of sp³-hybridized carbons (Fsp3) is 0.462. The van der Waals surface area contributed by atoms with E-state index in [1.165, 1.54) is 0 Å². The van der Waals surface area contributed by atoms with Crippen LogP contribution in [0.25, 0.3) is 11.0 Å². The summed E-state index contributed by atoms with van der Waals surface area (Å²) in [6, 6.07) is 8.07. The summed E-state index contributed by atoms with van der Waals surface area (Å²) in [5, 5.41) is 0. The highest BCUT2D eigenvalue weighted by molar-refractivity contribution is 5.74. The Morgan fingerprint density at radius 2 is 2.00 bits per heavy atom. The molecule has 0 unspecified atom stereocenters. The number of para-hydroxylation sites is 2. The van der Waals surface area contributed by atoms with Crippen molar-refractivity contribution in [3.8, 4) is 0 Å². The minimum Gasteiger partial charge on any atom is -0.356 e. The molecule has 0 bridgehead atoms. The van der Waals surface area contributed by atoms with Crippen LogP contribution in [0.15, 0.2) is 24.3 Å². The van der Waals surface area contributed by atoms with Gasteiger partial charge in [0.1, 0.15) is 5.82 Å². The number of aromatic amines is 1. The van der Waals surface area contributed by atoms with Gasteiger partial charge < -0.3 is 14.5 Å². The summed E-state index contributed by atoms with van der Waals surface area (Å²) < 4.78 is 10.3. The molecule has 0 fully saturated rings. The van der Waals surface area contributed by atoms with E-state index in [-0.39, 0.29) is 6.29 Å². The quantitative estimate of drug-likeness (QED) is 0.781. The smallest absolute Gasteiger partial charge is 0.156 e. The summed E-state index contributed by atoms with van der Waals surface area (Å²) in [7, 11) is 3.32. The number of hydrogen-bond donors (Lipinski definition) is 1. The van der Waals surface area contributed by atoms with Crippen LogP contribution >= 0.6 is 0 Å². The zero-order valence-corrected chi connectivity index (χ0v) is 10.3. The lowest BCUT2D eigenvalue weighted by molar-refractivity contribution is -0.106. The number of methoxy groups -OCH3 is 2. The predicted molar refractivity (Wildman–Crippen MR) is 66.8 cm³/mol. The van der Waals surface area contributed by atoms with E-state index in [0.717, 1.165) is 36.1 Å². The first-order valence-electron chi connectivity index (χ1n) is 5.82. The molecule has 0 aliphatic carbocycles. The molecular weight excluding hydrogens is 216 g/mol. The van der Waals surface area contributed by atoms with Gasteiger partial charge in [-0.15, -0.1) is 0 Å². The third kappa shape index (κ3) is 3.05. The van der Waals surface area contributed by atoms with Gasteiger partial charge in [-0.3, -0.25) is 0 Å². The molecule has 0 amide bonds. The van der Waals surface area contributed by atoms with Crippen molar-refractivity contribution in [2.24, 2.45) is 0 Å². The van der Waals surface area contributed by atoms with Crippen molar-refractivity contribution in [3.05, 3.63) is 30.1 Å². The molecule has 0 spiro atoms. The second-order valence-electron chi connectivity index (χ2n) is 3.99. The Balaban J connectivity index is 1.90. The van der Waals surface area contributed by atoms with E-state index >= 15 is 0 Å². The van der Waals surface area contributed by atoms with Crippen molar-refractivity contribution in [2.45, 2.75) is 25.6 Å². The molecule has 4 nitrogen and oxygen atoms in total. The molecule has 2 rings (SSSR count). The van der Waals surface area contributed by atoms with E-state index in [2.05, 4.69) is 9.97 Å². The molecule has 2 aromatic rings. The predicted octanol–water partition coefficient (Wildman–Crippen LogP) is 2.50. The van der Waals surface area contributed by atoms with Crippen LogP contribution in [0.1, 0.15) is 18.7 Å². The summed E-state index contributed by atoms with van der Waals surface area (Å²) in [5.74, 6) is 1.03. The highest BCUT2D eigenvalue weighted by Gasteiger charge is 2.06. The largest absolute Gasteiger partial charge is 0.356 e. The fourth-order valence-corrected chi connectivity index (χ4v) is 1.89. The summed E-state index contributed by atoms with van der Waals surface area (Å²) in [5.41, 5.74) is 2.12. The van der Waals surface area contributed by atoms with Crippen LogP contribution in [-0.2, 0) is 15.9 Å². The zero-order valence-electron chi connectivity index (χ0n) is 10.3. The number of nitrogens with zero attached hydrogens (tertiary/aromatic N) is 1. The van der Waals surface area contributed by atoms with E-state index in [1.807, 2.05) is 24.3 Å². The van der Waals surface area contributed by atoms with E-state index < -0.39 is 0 Å². The molecule has 1 heterocycles. The number of fused-ring (bicyclic) bond motifs is 1. The molecule has 1 N–H and O–H groups in total. The van der Waals surface area contributed by atoms with Crippen molar-refractivity contribution in [2.75, 3.05) is 14.2 Å². The Kier molecular flexibility index (Phi) is 4.12. The van der Waals surface area contributed by atoms with Gasteiger partial charge in [0.25, 0.3) is 0 Å². The van der Waals surface area contributed by atoms with Crippen LogP contribution in [0.2, 0.25) is 0 Å². The first-order chi connectivity index (χ1) is 8.33. The summed E-state index contributed by atoms with van der Waals surface area (Å²) in [6.07, 6.45) is 2.67. The molecule has 0 atom stereocenters. The number of hydrogen-bond acceptors (Lipinski definition) is 3. The lowest BCUT2D eigenvalue weighted by Gasteiger charge is -2.11. The third-order valence-electron chi connectivity index (χ3n) is 2.82. The SMILES string of the molecule is COC(CCCc1nc2ccccc2[nH]1)OC. The van der Waals surface area contributed by atoms with Gasteiger partial charge in [-0.2, -0.15) is 0 Å². The number of ether oxygens (including phenoxy) is 2. The molecule has 0 aliphatic heterocycles. The van der Waals surface area contributed by atoms with E-state index in [9.17, 15) is 0 Å². The van der Waals surface area contributed by atoms with Crippen LogP contribution in [0.3, 0.4) is 0 Å². The maximum absolute atomic E-state index is 5.14. The average Bonchev–Trinajstić information content (AvgIpc) is 2.77. The second-order valence-corrected chi connectivity index (χ2v) is 3.99. The monoisotopic (exact) mass is 234 g/mol. The minimum atomic E-state index is -0.112. The molecule has 0 saturated heterocycles. The highest BCUT2D eigenvalue weighted by Crippen LogP contribution is 2.12. The van der Waals surface area contributed by atoms with Gasteiger partial charge in [0.2, 0.25) is 0 Å². The number of benzene rings is 1. The number of H-pyrrole nitrogens is 1. The van der Waals surface area contributed by atoms with E-state index in [1.54, 1.807) is 14.2 Å². The summed E-state index contributed by atoms with van der Waals surface area (Å²) in [6.45, 7) is 0. The lowest BCUT2D eigenvalue weighted by Crippen LogP contribution is -2.12. The normalized spacial score (nSPS) is 11.5. The van der Waals surface area contributed by atoms with Crippen LogP contribution < -0.4 is 0 Å². The van der Waals surface area contributed by atoms with Crippen molar-refractivity contribution in [3.63, 3.8) is 0 Å². The topological polar surface area (TPSA) is 47.1 Å². The Morgan fingerprint density at radius 3 is 2.71 bits per heavy atom. The van der Waals surface area contributed by atoms with Gasteiger partial charge >= 0.3 is 0 Å². The van der Waals surface area contributed by atoms with Crippen LogP contribution in [-0.4, -0.2) is 30.5 Å². The number of aryl methyl sites for hydroxylation is 1. The third-order valence-corrected chi connectivity index (χ3v) is 2.82. The van der Waals surface area contributed by atoms with Gasteiger partial charge in [-0.25, -0.2) is 4.98 Å². The van der Waals surface area contributed by atoms with Gasteiger partial charge in [-0.05, 0) is 25.0 Å². The fourth-order valence-electron chi connectivity index (χ4n) is 1.89. The minimum absolute atomic E-state index is 0.112. The molecule has 4 heteroatoms. The van der Waals surface area contributed by atoms with Crippen molar-refractivity contribution in [1.29, 1.82) is 0 Å². The number of nitrogens with one attached hydrogen (secondary N) is 1. The number of rotatable bonds is 6. The molecule has 17 heavy (non-hydrogen) atoms. The van der Waals surface area contributed by atoms with Gasteiger partial charge in [-0.1, -0.05) is 12.1 Å². The molecule has 1 aromatic carbocycles. The molecule has 0 radical (unpaired) electrons. The maximum atomic E-state index is 5.14. The Bertz CT molecular complexity index is 430. The van der Waals surface area contributed by atoms with Crippen LogP contribution in [0, 0.1) is 0 Å². The zero-order chi connectivity index (χ0) is 12.1. The number of imidazole rings is 1. The standard InChI is InChI=1S/C13H18N2O2/c1-16-13(17-2)9-5-8-12-14-10-6-3-4-7-11(10)15-12/h3-4,6-7,13H,5,8-9H2,1-2H3,(H,14,15). The van der Waals surface area contributed by atoms with Crippen molar-refractivity contribution in [1.82, 2.24) is 9.97 Å².